The first kappa shape index (κ1) is 13.1. The number of imidazole rings is 1. The van der Waals surface area contributed by atoms with E-state index in [4.69, 9.17) is 5.84 Å². The molecule has 2 heterocycles. The van der Waals surface area contributed by atoms with Crippen molar-refractivity contribution < 1.29 is 4.79 Å². The van der Waals surface area contributed by atoms with E-state index in [9.17, 15) is 4.79 Å². The molecule has 1 aromatic rings. The Kier molecular flexibility index (Phi) is 3.82. The maximum atomic E-state index is 11.9. The number of nitrogens with two attached hydrogens (primary N) is 1. The van der Waals surface area contributed by atoms with Crippen LogP contribution in [0.5, 0.6) is 0 Å². The van der Waals surface area contributed by atoms with Gasteiger partial charge < -0.3 is 0 Å². The normalized spacial score (nSPS) is 21.2. The second-order valence-corrected chi connectivity index (χ2v) is 4.32. The van der Waals surface area contributed by atoms with Crippen LogP contribution in [0.2, 0.25) is 0 Å². The van der Waals surface area contributed by atoms with Crippen molar-refractivity contribution in [3.63, 3.8) is 0 Å². The second kappa shape index (κ2) is 5.53. The average molecular weight is 259 g/mol. The van der Waals surface area contributed by atoms with Crippen molar-refractivity contribution in [1.82, 2.24) is 19.9 Å². The van der Waals surface area contributed by atoms with Crippen molar-refractivity contribution in [2.75, 3.05) is 0 Å². The van der Waals surface area contributed by atoms with E-state index in [1.807, 2.05) is 12.2 Å². The molecule has 3 N–H and O–H groups in total. The number of nitrogens with zero attached hydrogens (tertiary/aromatic N) is 3. The fourth-order valence-electron chi connectivity index (χ4n) is 1.91. The average Bonchev–Trinajstić information content (AvgIpc) is 2.92. The number of hydrazine groups is 1. The van der Waals surface area contributed by atoms with Crippen LogP contribution in [0.3, 0.4) is 0 Å². The predicted molar refractivity (Wildman–Crippen MR) is 72.3 cm³/mol. The molecule has 0 aromatic carbocycles. The Morgan fingerprint density at radius 3 is 3.11 bits per heavy atom. The summed E-state index contributed by atoms with van der Waals surface area (Å²) < 4.78 is 1.35. The monoisotopic (exact) mass is 259 g/mol. The van der Waals surface area contributed by atoms with Gasteiger partial charge in [-0.3, -0.25) is 14.9 Å². The third-order valence-electron chi connectivity index (χ3n) is 2.97. The van der Waals surface area contributed by atoms with Gasteiger partial charge in [0.25, 0.3) is 0 Å². The number of aromatic nitrogens is 2. The summed E-state index contributed by atoms with van der Waals surface area (Å²) in [6, 6.07) is -0.299. The zero-order chi connectivity index (χ0) is 13.8. The Hall–Kier alpha value is -2.34. The summed E-state index contributed by atoms with van der Waals surface area (Å²) >= 11 is 0. The van der Waals surface area contributed by atoms with E-state index in [1.165, 1.54) is 15.9 Å². The Bertz CT molecular complexity index is 529. The van der Waals surface area contributed by atoms with Crippen molar-refractivity contribution in [3.05, 3.63) is 55.0 Å². The van der Waals surface area contributed by atoms with E-state index in [2.05, 4.69) is 23.8 Å². The van der Waals surface area contributed by atoms with Crippen LogP contribution >= 0.6 is 0 Å². The summed E-state index contributed by atoms with van der Waals surface area (Å²) in [6.07, 6.45) is 10.8. The molecule has 1 aliphatic rings. The molecule has 6 nitrogen and oxygen atoms in total. The van der Waals surface area contributed by atoms with Gasteiger partial charge in [0, 0.05) is 24.0 Å². The summed E-state index contributed by atoms with van der Waals surface area (Å²) in [7, 11) is 0. The van der Waals surface area contributed by atoms with Gasteiger partial charge in [-0.2, -0.15) is 0 Å². The van der Waals surface area contributed by atoms with E-state index < -0.39 is 0 Å². The highest BCUT2D eigenvalue weighted by atomic mass is 16.2. The van der Waals surface area contributed by atoms with Crippen molar-refractivity contribution in [2.45, 2.75) is 13.3 Å². The lowest BCUT2D eigenvalue weighted by molar-refractivity contribution is 0.238. The van der Waals surface area contributed by atoms with Gasteiger partial charge in [0.2, 0.25) is 0 Å². The molecule has 1 atom stereocenters. The summed E-state index contributed by atoms with van der Waals surface area (Å²) in [5.41, 5.74) is 0.915. The van der Waals surface area contributed by atoms with Gasteiger partial charge >= 0.3 is 6.03 Å². The number of hydrogen-bond donors (Lipinski definition) is 2. The molecule has 0 aliphatic carbocycles. The van der Waals surface area contributed by atoms with E-state index in [1.54, 1.807) is 18.5 Å². The van der Waals surface area contributed by atoms with Crippen molar-refractivity contribution in [2.24, 2.45) is 11.8 Å². The van der Waals surface area contributed by atoms with Gasteiger partial charge in [-0.15, -0.1) is 0 Å². The van der Waals surface area contributed by atoms with Crippen LogP contribution in [-0.4, -0.2) is 20.6 Å². The molecule has 1 amide bonds. The summed E-state index contributed by atoms with van der Waals surface area (Å²) in [5.74, 6) is 6.86. The maximum Gasteiger partial charge on any atom is 0.332 e. The summed E-state index contributed by atoms with van der Waals surface area (Å²) in [5, 5.41) is 4.23. The van der Waals surface area contributed by atoms with E-state index in [0.29, 0.717) is 5.82 Å². The lowest BCUT2D eigenvalue weighted by Gasteiger charge is -2.32. The minimum absolute atomic E-state index is 0.289. The first-order chi connectivity index (χ1) is 9.13. The Labute approximate surface area is 111 Å². The van der Waals surface area contributed by atoms with Crippen molar-refractivity contribution >= 4 is 6.03 Å². The van der Waals surface area contributed by atoms with Crippen LogP contribution in [0.15, 0.2) is 55.0 Å². The SMILES string of the molecule is C=C/C=C1\C(C)CC=C(NC(=O)n2ccnc2)N1N. The molecule has 0 saturated heterocycles. The highest BCUT2D eigenvalue weighted by Crippen LogP contribution is 2.25. The van der Waals surface area contributed by atoms with Crippen LogP contribution < -0.4 is 11.2 Å². The van der Waals surface area contributed by atoms with Crippen LogP contribution in [0.4, 0.5) is 4.79 Å². The number of carbonyl (C=O) groups is 1. The standard InChI is InChI=1S/C13H17N5O/c1-3-4-11-10(2)5-6-12(18(11)14)16-13(19)17-8-7-15-9-17/h3-4,6-10H,1,5,14H2,2H3,(H,16,19)/b11-4+. The number of hydrogen-bond acceptors (Lipinski definition) is 4. The van der Waals surface area contributed by atoms with Crippen molar-refractivity contribution in [3.8, 4) is 0 Å². The fraction of sp³-hybridized carbons (Fsp3) is 0.231. The smallest absolute Gasteiger partial charge is 0.292 e. The Balaban J connectivity index is 2.15. The Morgan fingerprint density at radius 1 is 1.68 bits per heavy atom. The van der Waals surface area contributed by atoms with Gasteiger partial charge in [-0.25, -0.2) is 15.6 Å². The zero-order valence-electron chi connectivity index (χ0n) is 10.8. The predicted octanol–water partition coefficient (Wildman–Crippen LogP) is 1.57. The van der Waals surface area contributed by atoms with E-state index >= 15 is 0 Å². The molecule has 19 heavy (non-hydrogen) atoms. The third kappa shape index (κ3) is 2.74. The van der Waals surface area contributed by atoms with Crippen LogP contribution in [0.1, 0.15) is 13.3 Å². The zero-order valence-corrected chi connectivity index (χ0v) is 10.8. The Morgan fingerprint density at radius 2 is 2.47 bits per heavy atom. The largest absolute Gasteiger partial charge is 0.332 e. The molecule has 6 heteroatoms. The minimum atomic E-state index is -0.299. The second-order valence-electron chi connectivity index (χ2n) is 4.32. The molecule has 0 radical (unpaired) electrons. The molecule has 100 valence electrons. The van der Waals surface area contributed by atoms with E-state index in [0.717, 1.165) is 12.1 Å². The lowest BCUT2D eigenvalue weighted by Crippen LogP contribution is -2.43. The quantitative estimate of drug-likeness (QED) is 0.790. The molecular formula is C13H17N5O. The number of nitrogens with one attached hydrogen (secondary N) is 1. The third-order valence-corrected chi connectivity index (χ3v) is 2.97. The number of amides is 1. The molecular weight excluding hydrogens is 242 g/mol. The molecule has 2 rings (SSSR count). The van der Waals surface area contributed by atoms with Crippen LogP contribution in [0.25, 0.3) is 0 Å². The van der Waals surface area contributed by atoms with Gasteiger partial charge in [0.15, 0.2) is 0 Å². The summed E-state index contributed by atoms with van der Waals surface area (Å²) in [4.78, 5) is 15.7. The minimum Gasteiger partial charge on any atom is -0.292 e. The molecule has 1 aliphatic heterocycles. The number of allylic oxidation sites excluding steroid dienone is 4. The fourth-order valence-corrected chi connectivity index (χ4v) is 1.91. The first-order valence-electron chi connectivity index (χ1n) is 6.00. The first-order valence-corrected chi connectivity index (χ1v) is 6.00. The van der Waals surface area contributed by atoms with E-state index in [-0.39, 0.29) is 11.9 Å². The van der Waals surface area contributed by atoms with Crippen LogP contribution in [0, 0.1) is 5.92 Å². The maximum absolute atomic E-state index is 11.9. The molecule has 0 saturated carbocycles. The lowest BCUT2D eigenvalue weighted by atomic mass is 9.99. The van der Waals surface area contributed by atoms with Gasteiger partial charge in [-0.05, 0) is 18.6 Å². The highest BCUT2D eigenvalue weighted by Gasteiger charge is 2.22. The highest BCUT2D eigenvalue weighted by molar-refractivity contribution is 5.78. The topological polar surface area (TPSA) is 76.2 Å². The van der Waals surface area contributed by atoms with Gasteiger partial charge in [0.1, 0.15) is 12.1 Å². The molecule has 1 aromatic heterocycles. The van der Waals surface area contributed by atoms with Gasteiger partial charge in [0.05, 0.1) is 0 Å². The molecule has 0 fully saturated rings. The van der Waals surface area contributed by atoms with Crippen molar-refractivity contribution in [1.29, 1.82) is 0 Å². The van der Waals surface area contributed by atoms with Crippen LogP contribution in [-0.2, 0) is 0 Å². The van der Waals surface area contributed by atoms with Gasteiger partial charge in [-0.1, -0.05) is 19.6 Å². The number of carbonyl (C=O) groups excluding carboxylic acids is 1. The summed E-state index contributed by atoms with van der Waals surface area (Å²) in [6.45, 7) is 5.74. The molecule has 0 spiro atoms. The molecule has 0 bridgehead atoms. The number of rotatable bonds is 2. The molecule has 1 unspecified atom stereocenters.